The third-order valence-electron chi connectivity index (χ3n) is 2.06. The Morgan fingerprint density at radius 2 is 2.00 bits per heavy atom. The van der Waals surface area contributed by atoms with Crippen molar-refractivity contribution in [2.75, 3.05) is 20.3 Å². The summed E-state index contributed by atoms with van der Waals surface area (Å²) in [6, 6.07) is 7.31. The van der Waals surface area contributed by atoms with Crippen LogP contribution in [0.4, 0.5) is 0 Å². The van der Waals surface area contributed by atoms with E-state index >= 15 is 0 Å². The summed E-state index contributed by atoms with van der Waals surface area (Å²) in [5, 5.41) is 11.4. The number of amidine groups is 1. The summed E-state index contributed by atoms with van der Waals surface area (Å²) in [5.74, 6) is 0.104. The van der Waals surface area contributed by atoms with Crippen molar-refractivity contribution in [1.29, 1.82) is 0 Å². The highest BCUT2D eigenvalue weighted by Crippen LogP contribution is 2.05. The SMILES string of the molecule is COCCOCc1ccc(/C(N)=N/O)cc1. The standard InChI is InChI=1S/C11H16N2O3/c1-15-6-7-16-8-9-2-4-10(5-3-9)11(12)13-14/h2-5,14H,6-8H2,1H3,(H2,12,13). The molecule has 0 fully saturated rings. The van der Waals surface area contributed by atoms with E-state index in [4.69, 9.17) is 20.4 Å². The van der Waals surface area contributed by atoms with Gasteiger partial charge in [-0.15, -0.1) is 0 Å². The molecule has 0 atom stereocenters. The van der Waals surface area contributed by atoms with Crippen molar-refractivity contribution in [3.63, 3.8) is 0 Å². The van der Waals surface area contributed by atoms with Crippen LogP contribution >= 0.6 is 0 Å². The molecule has 0 amide bonds. The van der Waals surface area contributed by atoms with Crippen LogP contribution in [0.25, 0.3) is 0 Å². The molecular formula is C11H16N2O3. The van der Waals surface area contributed by atoms with Crippen LogP contribution in [0.3, 0.4) is 0 Å². The normalized spacial score (nSPS) is 11.7. The minimum Gasteiger partial charge on any atom is -0.409 e. The summed E-state index contributed by atoms with van der Waals surface area (Å²) in [6.45, 7) is 1.68. The number of oxime groups is 1. The van der Waals surface area contributed by atoms with Gasteiger partial charge in [0, 0.05) is 12.7 Å². The number of nitrogens with zero attached hydrogens (tertiary/aromatic N) is 1. The molecule has 0 saturated heterocycles. The van der Waals surface area contributed by atoms with Crippen LogP contribution in [0.1, 0.15) is 11.1 Å². The maximum atomic E-state index is 8.48. The van der Waals surface area contributed by atoms with Crippen LogP contribution in [0.2, 0.25) is 0 Å². The molecule has 0 unspecified atom stereocenters. The first-order chi connectivity index (χ1) is 7.77. The quantitative estimate of drug-likeness (QED) is 0.248. The van der Waals surface area contributed by atoms with Crippen molar-refractivity contribution >= 4 is 5.84 Å². The summed E-state index contributed by atoms with van der Waals surface area (Å²) in [4.78, 5) is 0. The number of benzene rings is 1. The Hall–Kier alpha value is -1.59. The Bertz CT molecular complexity index is 336. The first-order valence-corrected chi connectivity index (χ1v) is 4.91. The molecular weight excluding hydrogens is 208 g/mol. The third-order valence-corrected chi connectivity index (χ3v) is 2.06. The average molecular weight is 224 g/mol. The van der Waals surface area contributed by atoms with Crippen molar-refractivity contribution in [1.82, 2.24) is 0 Å². The van der Waals surface area contributed by atoms with Crippen molar-refractivity contribution in [3.8, 4) is 0 Å². The van der Waals surface area contributed by atoms with Gasteiger partial charge < -0.3 is 20.4 Å². The van der Waals surface area contributed by atoms with Gasteiger partial charge in [0.15, 0.2) is 5.84 Å². The molecule has 1 rings (SSSR count). The topological polar surface area (TPSA) is 77.1 Å². The van der Waals surface area contributed by atoms with E-state index in [2.05, 4.69) is 5.16 Å². The average Bonchev–Trinajstić information content (AvgIpc) is 2.34. The van der Waals surface area contributed by atoms with Crippen LogP contribution in [-0.4, -0.2) is 31.4 Å². The smallest absolute Gasteiger partial charge is 0.170 e. The second-order valence-corrected chi connectivity index (χ2v) is 3.23. The predicted octanol–water partition coefficient (Wildman–Crippen LogP) is 0.944. The monoisotopic (exact) mass is 224 g/mol. The zero-order chi connectivity index (χ0) is 11.8. The zero-order valence-electron chi connectivity index (χ0n) is 9.22. The molecule has 0 radical (unpaired) electrons. The Morgan fingerprint density at radius 1 is 1.31 bits per heavy atom. The van der Waals surface area contributed by atoms with Crippen LogP contribution in [0.5, 0.6) is 0 Å². The van der Waals surface area contributed by atoms with E-state index in [0.29, 0.717) is 25.4 Å². The van der Waals surface area contributed by atoms with Gasteiger partial charge >= 0.3 is 0 Å². The molecule has 5 nitrogen and oxygen atoms in total. The van der Waals surface area contributed by atoms with Gasteiger partial charge in [0.25, 0.3) is 0 Å². The van der Waals surface area contributed by atoms with E-state index in [1.165, 1.54) is 0 Å². The second-order valence-electron chi connectivity index (χ2n) is 3.23. The van der Waals surface area contributed by atoms with Crippen molar-refractivity contribution in [3.05, 3.63) is 35.4 Å². The maximum Gasteiger partial charge on any atom is 0.170 e. The molecule has 5 heteroatoms. The first-order valence-electron chi connectivity index (χ1n) is 4.91. The van der Waals surface area contributed by atoms with E-state index in [0.717, 1.165) is 5.56 Å². The van der Waals surface area contributed by atoms with Crippen LogP contribution in [0.15, 0.2) is 29.4 Å². The lowest BCUT2D eigenvalue weighted by molar-refractivity contribution is 0.0616. The molecule has 0 heterocycles. The fourth-order valence-corrected chi connectivity index (χ4v) is 1.16. The van der Waals surface area contributed by atoms with E-state index in [-0.39, 0.29) is 5.84 Å². The van der Waals surface area contributed by atoms with Gasteiger partial charge in [-0.1, -0.05) is 29.4 Å². The molecule has 0 aliphatic carbocycles. The Labute approximate surface area is 94.5 Å². The molecule has 16 heavy (non-hydrogen) atoms. The highest BCUT2D eigenvalue weighted by atomic mass is 16.5. The molecule has 0 aromatic heterocycles. The number of hydrogen-bond donors (Lipinski definition) is 2. The maximum absolute atomic E-state index is 8.48. The van der Waals surface area contributed by atoms with E-state index in [9.17, 15) is 0 Å². The van der Waals surface area contributed by atoms with Gasteiger partial charge in [-0.25, -0.2) is 0 Å². The minimum atomic E-state index is 0.104. The van der Waals surface area contributed by atoms with Gasteiger partial charge in [0.05, 0.1) is 19.8 Å². The van der Waals surface area contributed by atoms with Crippen LogP contribution in [-0.2, 0) is 16.1 Å². The molecule has 0 bridgehead atoms. The fraction of sp³-hybridized carbons (Fsp3) is 0.364. The molecule has 1 aromatic rings. The fourth-order valence-electron chi connectivity index (χ4n) is 1.16. The van der Waals surface area contributed by atoms with E-state index in [1.807, 2.05) is 12.1 Å². The minimum absolute atomic E-state index is 0.104. The number of rotatable bonds is 6. The van der Waals surface area contributed by atoms with E-state index in [1.54, 1.807) is 19.2 Å². The second kappa shape index (κ2) is 6.81. The predicted molar refractivity (Wildman–Crippen MR) is 60.5 cm³/mol. The highest BCUT2D eigenvalue weighted by molar-refractivity contribution is 5.96. The lowest BCUT2D eigenvalue weighted by atomic mass is 10.1. The van der Waals surface area contributed by atoms with Crippen LogP contribution < -0.4 is 5.73 Å². The molecule has 1 aromatic carbocycles. The Kier molecular flexibility index (Phi) is 5.31. The first kappa shape index (κ1) is 12.5. The largest absolute Gasteiger partial charge is 0.409 e. The van der Waals surface area contributed by atoms with Crippen molar-refractivity contribution < 1.29 is 14.7 Å². The summed E-state index contributed by atoms with van der Waals surface area (Å²) in [5.41, 5.74) is 7.15. The van der Waals surface area contributed by atoms with Gasteiger partial charge in [-0.05, 0) is 5.56 Å². The molecule has 0 aliphatic heterocycles. The summed E-state index contributed by atoms with van der Waals surface area (Å²) in [7, 11) is 1.63. The molecule has 0 saturated carbocycles. The Morgan fingerprint density at radius 3 is 2.56 bits per heavy atom. The lowest BCUT2D eigenvalue weighted by Crippen LogP contribution is -2.12. The van der Waals surface area contributed by atoms with Crippen molar-refractivity contribution in [2.24, 2.45) is 10.9 Å². The lowest BCUT2D eigenvalue weighted by Gasteiger charge is -2.04. The van der Waals surface area contributed by atoms with Gasteiger partial charge in [-0.2, -0.15) is 0 Å². The summed E-state index contributed by atoms with van der Waals surface area (Å²) >= 11 is 0. The summed E-state index contributed by atoms with van der Waals surface area (Å²) < 4.78 is 10.2. The number of nitrogens with two attached hydrogens (primary N) is 1. The van der Waals surface area contributed by atoms with E-state index < -0.39 is 0 Å². The number of methoxy groups -OCH3 is 1. The number of hydrogen-bond acceptors (Lipinski definition) is 4. The van der Waals surface area contributed by atoms with Gasteiger partial charge in [-0.3, -0.25) is 0 Å². The summed E-state index contributed by atoms with van der Waals surface area (Å²) in [6.07, 6.45) is 0. The van der Waals surface area contributed by atoms with Crippen LogP contribution in [0, 0.1) is 0 Å². The molecule has 88 valence electrons. The van der Waals surface area contributed by atoms with Crippen molar-refractivity contribution in [2.45, 2.75) is 6.61 Å². The van der Waals surface area contributed by atoms with Gasteiger partial charge in [0.1, 0.15) is 0 Å². The third kappa shape index (κ3) is 3.88. The molecule has 0 spiro atoms. The Balaban J connectivity index is 2.45. The highest BCUT2D eigenvalue weighted by Gasteiger charge is 1.99. The zero-order valence-corrected chi connectivity index (χ0v) is 9.22. The molecule has 3 N–H and O–H groups in total. The molecule has 0 aliphatic rings. The number of ether oxygens (including phenoxy) is 2. The van der Waals surface area contributed by atoms with Gasteiger partial charge in [0.2, 0.25) is 0 Å².